The van der Waals surface area contributed by atoms with Gasteiger partial charge in [-0.3, -0.25) is 0 Å². The first-order chi connectivity index (χ1) is 4.66. The minimum atomic E-state index is 0.623. The van der Waals surface area contributed by atoms with Crippen molar-refractivity contribution in [3.63, 3.8) is 0 Å². The summed E-state index contributed by atoms with van der Waals surface area (Å²) in [5, 5.41) is 0. The molecule has 0 amide bonds. The normalized spacial score (nSPS) is 10.4. The molecule has 0 aliphatic carbocycles. The molecule has 1 heteroatoms. The summed E-state index contributed by atoms with van der Waals surface area (Å²) in [6.45, 7) is 8.32. The lowest BCUT2D eigenvalue weighted by Gasteiger charge is -2.03. The van der Waals surface area contributed by atoms with E-state index in [9.17, 15) is 0 Å². The topological polar surface area (TPSA) is 0 Å². The Morgan fingerprint density at radius 1 is 1.50 bits per heavy atom. The molecule has 0 aromatic rings. The molecule has 0 aliphatic rings. The van der Waals surface area contributed by atoms with Crippen molar-refractivity contribution >= 4 is 11.6 Å². The Labute approximate surface area is 69.3 Å². The van der Waals surface area contributed by atoms with Gasteiger partial charge in [-0.25, -0.2) is 0 Å². The van der Waals surface area contributed by atoms with Gasteiger partial charge >= 0.3 is 0 Å². The predicted molar refractivity (Wildman–Crippen MR) is 48.5 cm³/mol. The van der Waals surface area contributed by atoms with E-state index in [2.05, 4.69) is 20.4 Å². The fourth-order valence-electron chi connectivity index (χ4n) is 0.827. The van der Waals surface area contributed by atoms with Crippen LogP contribution in [0.15, 0.2) is 12.2 Å². The molecule has 0 nitrogen and oxygen atoms in total. The summed E-state index contributed by atoms with van der Waals surface area (Å²) in [7, 11) is 0. The molecule has 0 spiro atoms. The second-order valence-electron chi connectivity index (χ2n) is 3.17. The number of halogens is 1. The van der Waals surface area contributed by atoms with E-state index < -0.39 is 0 Å². The zero-order valence-electron chi connectivity index (χ0n) is 6.99. The minimum absolute atomic E-state index is 0.623. The van der Waals surface area contributed by atoms with Crippen LogP contribution in [0, 0.1) is 5.92 Å². The standard InChI is InChI=1S/C9H17Cl/c1-8(2)5-4-6-9(3)7-10/h8H,3-7H2,1-2H3. The number of allylic oxidation sites excluding steroid dienone is 1. The highest BCUT2D eigenvalue weighted by molar-refractivity contribution is 6.19. The molecule has 0 atom stereocenters. The van der Waals surface area contributed by atoms with E-state index in [-0.39, 0.29) is 0 Å². The van der Waals surface area contributed by atoms with Gasteiger partial charge in [0.25, 0.3) is 0 Å². The molecule has 0 radical (unpaired) electrons. The Kier molecular flexibility index (Phi) is 5.81. The molecule has 0 heterocycles. The van der Waals surface area contributed by atoms with Crippen LogP contribution in [-0.4, -0.2) is 5.88 Å². The van der Waals surface area contributed by atoms with Crippen LogP contribution in [-0.2, 0) is 0 Å². The van der Waals surface area contributed by atoms with E-state index in [0.29, 0.717) is 5.88 Å². The fourth-order valence-corrected chi connectivity index (χ4v) is 0.961. The van der Waals surface area contributed by atoms with Crippen molar-refractivity contribution in [3.05, 3.63) is 12.2 Å². The van der Waals surface area contributed by atoms with E-state index in [1.54, 1.807) is 0 Å². The maximum absolute atomic E-state index is 5.57. The van der Waals surface area contributed by atoms with Gasteiger partial charge in [-0.2, -0.15) is 0 Å². The molecule has 0 saturated carbocycles. The van der Waals surface area contributed by atoms with Crippen molar-refractivity contribution in [1.82, 2.24) is 0 Å². The van der Waals surface area contributed by atoms with Gasteiger partial charge in [0, 0.05) is 5.88 Å². The molecular weight excluding hydrogens is 144 g/mol. The van der Waals surface area contributed by atoms with Crippen molar-refractivity contribution < 1.29 is 0 Å². The smallest absolute Gasteiger partial charge is 0.0430 e. The first-order valence-electron chi connectivity index (χ1n) is 3.89. The van der Waals surface area contributed by atoms with E-state index in [4.69, 9.17) is 11.6 Å². The summed E-state index contributed by atoms with van der Waals surface area (Å²) in [5.41, 5.74) is 1.17. The summed E-state index contributed by atoms with van der Waals surface area (Å²) in [4.78, 5) is 0. The van der Waals surface area contributed by atoms with Crippen LogP contribution < -0.4 is 0 Å². The predicted octanol–water partition coefficient (Wildman–Crippen LogP) is 3.61. The molecule has 0 saturated heterocycles. The van der Waals surface area contributed by atoms with Gasteiger partial charge in [0.2, 0.25) is 0 Å². The summed E-state index contributed by atoms with van der Waals surface area (Å²) < 4.78 is 0. The van der Waals surface area contributed by atoms with Gasteiger partial charge < -0.3 is 0 Å². The lowest BCUT2D eigenvalue weighted by atomic mass is 10.0. The number of hydrogen-bond donors (Lipinski definition) is 0. The van der Waals surface area contributed by atoms with Crippen LogP contribution in [0.25, 0.3) is 0 Å². The molecule has 0 aromatic carbocycles. The summed E-state index contributed by atoms with van der Waals surface area (Å²) in [5.74, 6) is 1.43. The van der Waals surface area contributed by atoms with E-state index in [1.165, 1.54) is 18.4 Å². The highest BCUT2D eigenvalue weighted by atomic mass is 35.5. The van der Waals surface area contributed by atoms with Gasteiger partial charge in [0.15, 0.2) is 0 Å². The maximum atomic E-state index is 5.57. The summed E-state index contributed by atoms with van der Waals surface area (Å²) in [6, 6.07) is 0. The lowest BCUT2D eigenvalue weighted by molar-refractivity contribution is 0.555. The summed E-state index contributed by atoms with van der Waals surface area (Å²) >= 11 is 5.57. The van der Waals surface area contributed by atoms with Crippen molar-refractivity contribution in [2.24, 2.45) is 5.92 Å². The highest BCUT2D eigenvalue weighted by Gasteiger charge is 1.95. The van der Waals surface area contributed by atoms with Crippen LogP contribution in [0.3, 0.4) is 0 Å². The zero-order valence-corrected chi connectivity index (χ0v) is 7.75. The fraction of sp³-hybridized carbons (Fsp3) is 0.778. The SMILES string of the molecule is C=C(CCl)CCCC(C)C. The Morgan fingerprint density at radius 3 is 2.50 bits per heavy atom. The van der Waals surface area contributed by atoms with Gasteiger partial charge in [-0.05, 0) is 18.8 Å². The highest BCUT2D eigenvalue weighted by Crippen LogP contribution is 2.11. The monoisotopic (exact) mass is 160 g/mol. The first kappa shape index (κ1) is 10.0. The van der Waals surface area contributed by atoms with Crippen LogP contribution in [0.1, 0.15) is 33.1 Å². The molecule has 0 bridgehead atoms. The van der Waals surface area contributed by atoms with Crippen LogP contribution in [0.5, 0.6) is 0 Å². The minimum Gasteiger partial charge on any atom is -0.122 e. The lowest BCUT2D eigenvalue weighted by Crippen LogP contribution is -1.89. The molecule has 0 unspecified atom stereocenters. The number of alkyl halides is 1. The largest absolute Gasteiger partial charge is 0.122 e. The summed E-state index contributed by atoms with van der Waals surface area (Å²) in [6.07, 6.45) is 3.63. The Morgan fingerprint density at radius 2 is 2.10 bits per heavy atom. The third kappa shape index (κ3) is 6.15. The van der Waals surface area contributed by atoms with Crippen molar-refractivity contribution in [3.8, 4) is 0 Å². The third-order valence-electron chi connectivity index (χ3n) is 1.50. The molecule has 0 N–H and O–H groups in total. The quantitative estimate of drug-likeness (QED) is 0.426. The average molecular weight is 161 g/mol. The second kappa shape index (κ2) is 5.79. The Balaban J connectivity index is 3.12. The zero-order chi connectivity index (χ0) is 7.98. The van der Waals surface area contributed by atoms with Crippen LogP contribution in [0.4, 0.5) is 0 Å². The van der Waals surface area contributed by atoms with Crippen molar-refractivity contribution in [2.75, 3.05) is 5.88 Å². The van der Waals surface area contributed by atoms with Crippen LogP contribution >= 0.6 is 11.6 Å². The van der Waals surface area contributed by atoms with Crippen molar-refractivity contribution in [1.29, 1.82) is 0 Å². The van der Waals surface area contributed by atoms with E-state index >= 15 is 0 Å². The Bertz CT molecular complexity index is 94.9. The van der Waals surface area contributed by atoms with Gasteiger partial charge in [-0.15, -0.1) is 11.6 Å². The molecule has 60 valence electrons. The second-order valence-corrected chi connectivity index (χ2v) is 3.44. The molecule has 0 aliphatic heterocycles. The molecular formula is C9H17Cl. The number of hydrogen-bond acceptors (Lipinski definition) is 0. The third-order valence-corrected chi connectivity index (χ3v) is 1.88. The van der Waals surface area contributed by atoms with E-state index in [0.717, 1.165) is 12.3 Å². The van der Waals surface area contributed by atoms with Crippen molar-refractivity contribution in [2.45, 2.75) is 33.1 Å². The maximum Gasteiger partial charge on any atom is 0.0430 e. The van der Waals surface area contributed by atoms with Gasteiger partial charge in [0.05, 0.1) is 0 Å². The van der Waals surface area contributed by atoms with Gasteiger partial charge in [0.1, 0.15) is 0 Å². The Hall–Kier alpha value is 0.0300. The molecule has 0 fully saturated rings. The molecule has 0 rings (SSSR count). The first-order valence-corrected chi connectivity index (χ1v) is 4.43. The van der Waals surface area contributed by atoms with E-state index in [1.807, 2.05) is 0 Å². The molecule has 0 aromatic heterocycles. The molecule has 10 heavy (non-hydrogen) atoms. The number of rotatable bonds is 5. The van der Waals surface area contributed by atoms with Crippen LogP contribution in [0.2, 0.25) is 0 Å². The van der Waals surface area contributed by atoms with Gasteiger partial charge in [-0.1, -0.05) is 32.4 Å². The average Bonchev–Trinajstić information content (AvgIpc) is 1.87.